The lowest BCUT2D eigenvalue weighted by Gasteiger charge is -2.14. The SMILES string of the molecule is O=C(CN1CC(O)C(O)C1)Nc1ccc(F)cc1. The average molecular weight is 254 g/mol. The highest BCUT2D eigenvalue weighted by atomic mass is 19.1. The molecule has 0 radical (unpaired) electrons. The van der Waals surface area contributed by atoms with Crippen molar-refractivity contribution in [2.24, 2.45) is 0 Å². The Morgan fingerprint density at radius 1 is 1.28 bits per heavy atom. The Morgan fingerprint density at radius 3 is 2.39 bits per heavy atom. The van der Waals surface area contributed by atoms with Crippen LogP contribution in [0.3, 0.4) is 0 Å². The zero-order chi connectivity index (χ0) is 13.1. The van der Waals surface area contributed by atoms with E-state index < -0.39 is 12.2 Å². The van der Waals surface area contributed by atoms with Gasteiger partial charge in [0.15, 0.2) is 0 Å². The van der Waals surface area contributed by atoms with Crippen molar-refractivity contribution in [3.8, 4) is 0 Å². The molecule has 2 atom stereocenters. The molecule has 0 spiro atoms. The number of nitrogens with zero attached hydrogens (tertiary/aromatic N) is 1. The van der Waals surface area contributed by atoms with E-state index in [1.165, 1.54) is 24.3 Å². The molecule has 18 heavy (non-hydrogen) atoms. The molecule has 1 aliphatic heterocycles. The molecule has 1 heterocycles. The maximum atomic E-state index is 12.7. The number of hydrogen-bond acceptors (Lipinski definition) is 4. The lowest BCUT2D eigenvalue weighted by molar-refractivity contribution is -0.117. The Morgan fingerprint density at radius 2 is 1.83 bits per heavy atom. The second kappa shape index (κ2) is 5.43. The largest absolute Gasteiger partial charge is 0.389 e. The number of amides is 1. The quantitative estimate of drug-likeness (QED) is 0.698. The van der Waals surface area contributed by atoms with Crippen molar-refractivity contribution in [1.29, 1.82) is 0 Å². The molecule has 5 nitrogen and oxygen atoms in total. The van der Waals surface area contributed by atoms with Gasteiger partial charge in [-0.3, -0.25) is 9.69 Å². The summed E-state index contributed by atoms with van der Waals surface area (Å²) in [5.41, 5.74) is 0.515. The van der Waals surface area contributed by atoms with Gasteiger partial charge in [-0.1, -0.05) is 0 Å². The number of hydrogen-bond donors (Lipinski definition) is 3. The predicted octanol–water partition coefficient (Wildman–Crippen LogP) is -0.198. The molecular formula is C12H15FN2O3. The molecule has 1 aromatic rings. The zero-order valence-electron chi connectivity index (χ0n) is 9.71. The molecule has 0 bridgehead atoms. The van der Waals surface area contributed by atoms with Crippen molar-refractivity contribution in [2.75, 3.05) is 25.0 Å². The molecule has 0 aliphatic carbocycles. The van der Waals surface area contributed by atoms with Crippen LogP contribution >= 0.6 is 0 Å². The fourth-order valence-electron chi connectivity index (χ4n) is 1.91. The lowest BCUT2D eigenvalue weighted by atomic mass is 10.3. The zero-order valence-corrected chi connectivity index (χ0v) is 9.71. The third-order valence-corrected chi connectivity index (χ3v) is 2.83. The van der Waals surface area contributed by atoms with Gasteiger partial charge in [0, 0.05) is 18.8 Å². The second-order valence-corrected chi connectivity index (χ2v) is 4.38. The summed E-state index contributed by atoms with van der Waals surface area (Å²) in [6, 6.07) is 5.47. The van der Waals surface area contributed by atoms with Crippen LogP contribution in [0.2, 0.25) is 0 Å². The highest BCUT2D eigenvalue weighted by molar-refractivity contribution is 5.92. The second-order valence-electron chi connectivity index (χ2n) is 4.38. The van der Waals surface area contributed by atoms with E-state index in [9.17, 15) is 19.4 Å². The van der Waals surface area contributed by atoms with Crippen molar-refractivity contribution < 1.29 is 19.4 Å². The lowest BCUT2D eigenvalue weighted by Crippen LogP contribution is -2.32. The summed E-state index contributed by atoms with van der Waals surface area (Å²) in [7, 11) is 0. The molecule has 3 N–H and O–H groups in total. The van der Waals surface area contributed by atoms with Crippen molar-refractivity contribution >= 4 is 11.6 Å². The van der Waals surface area contributed by atoms with Gasteiger partial charge in [-0.25, -0.2) is 4.39 Å². The number of β-amino-alcohol motifs (C(OH)–C–C–N with tert-alkyl or cyclic N) is 2. The number of aliphatic hydroxyl groups is 2. The number of likely N-dealkylation sites (tertiary alicyclic amines) is 1. The molecule has 2 unspecified atom stereocenters. The number of aliphatic hydroxyl groups excluding tert-OH is 2. The molecule has 2 rings (SSSR count). The van der Waals surface area contributed by atoms with Gasteiger partial charge in [-0.05, 0) is 24.3 Å². The standard InChI is InChI=1S/C12H15FN2O3/c13-8-1-3-9(4-2-8)14-12(18)7-15-5-10(16)11(17)6-15/h1-4,10-11,16-17H,5-7H2,(H,14,18). The van der Waals surface area contributed by atoms with E-state index in [1.807, 2.05) is 0 Å². The first-order chi connectivity index (χ1) is 8.54. The minimum atomic E-state index is -0.802. The van der Waals surface area contributed by atoms with Gasteiger partial charge >= 0.3 is 0 Å². The predicted molar refractivity (Wildman–Crippen MR) is 63.5 cm³/mol. The third-order valence-electron chi connectivity index (χ3n) is 2.83. The van der Waals surface area contributed by atoms with Gasteiger partial charge in [0.05, 0.1) is 18.8 Å². The highest BCUT2D eigenvalue weighted by Crippen LogP contribution is 2.11. The van der Waals surface area contributed by atoms with Crippen LogP contribution in [0.5, 0.6) is 0 Å². The fraction of sp³-hybridized carbons (Fsp3) is 0.417. The highest BCUT2D eigenvalue weighted by Gasteiger charge is 2.30. The van der Waals surface area contributed by atoms with Gasteiger partial charge in [-0.2, -0.15) is 0 Å². The smallest absolute Gasteiger partial charge is 0.238 e. The minimum absolute atomic E-state index is 0.0888. The molecule has 0 saturated carbocycles. The van der Waals surface area contributed by atoms with Crippen LogP contribution in [-0.2, 0) is 4.79 Å². The molecule has 1 aromatic carbocycles. The first kappa shape index (κ1) is 12.9. The van der Waals surface area contributed by atoms with E-state index >= 15 is 0 Å². The Bertz CT molecular complexity index is 414. The first-order valence-electron chi connectivity index (χ1n) is 5.68. The number of anilines is 1. The molecular weight excluding hydrogens is 239 g/mol. The van der Waals surface area contributed by atoms with Crippen molar-refractivity contribution in [1.82, 2.24) is 4.90 Å². The van der Waals surface area contributed by atoms with Gasteiger partial charge in [-0.15, -0.1) is 0 Å². The first-order valence-corrected chi connectivity index (χ1v) is 5.68. The third kappa shape index (κ3) is 3.25. The number of halogens is 1. The van der Waals surface area contributed by atoms with Crippen LogP contribution in [0.15, 0.2) is 24.3 Å². The van der Waals surface area contributed by atoms with E-state index in [2.05, 4.69) is 5.32 Å². The summed E-state index contributed by atoms with van der Waals surface area (Å²) in [6.45, 7) is 0.640. The Hall–Kier alpha value is -1.50. The summed E-state index contributed by atoms with van der Waals surface area (Å²) in [5.74, 6) is -0.623. The fourth-order valence-corrected chi connectivity index (χ4v) is 1.91. The summed E-state index contributed by atoms with van der Waals surface area (Å²) >= 11 is 0. The number of rotatable bonds is 3. The maximum absolute atomic E-state index is 12.7. The van der Waals surface area contributed by atoms with Gasteiger partial charge in [0.2, 0.25) is 5.91 Å². The Labute approximate surface area is 104 Å². The van der Waals surface area contributed by atoms with Gasteiger partial charge < -0.3 is 15.5 Å². The van der Waals surface area contributed by atoms with Crippen LogP contribution in [0.1, 0.15) is 0 Å². The summed E-state index contributed by atoms with van der Waals surface area (Å²) < 4.78 is 12.7. The molecule has 98 valence electrons. The maximum Gasteiger partial charge on any atom is 0.238 e. The summed E-state index contributed by atoms with van der Waals surface area (Å²) in [5, 5.41) is 21.3. The molecule has 1 saturated heterocycles. The monoisotopic (exact) mass is 254 g/mol. The van der Waals surface area contributed by atoms with Crippen molar-refractivity contribution in [3.05, 3.63) is 30.1 Å². The number of benzene rings is 1. The van der Waals surface area contributed by atoms with Crippen molar-refractivity contribution in [2.45, 2.75) is 12.2 Å². The number of carbonyl (C=O) groups is 1. The molecule has 1 fully saturated rings. The van der Waals surface area contributed by atoms with Crippen LogP contribution in [0.4, 0.5) is 10.1 Å². The van der Waals surface area contributed by atoms with Crippen LogP contribution in [0, 0.1) is 5.82 Å². The topological polar surface area (TPSA) is 72.8 Å². The molecule has 6 heteroatoms. The van der Waals surface area contributed by atoms with Crippen LogP contribution in [0.25, 0.3) is 0 Å². The Balaban J connectivity index is 1.84. The summed E-state index contributed by atoms with van der Waals surface area (Å²) in [4.78, 5) is 13.3. The average Bonchev–Trinajstić information content (AvgIpc) is 2.61. The van der Waals surface area contributed by atoms with E-state index in [4.69, 9.17) is 0 Å². The number of nitrogens with one attached hydrogen (secondary N) is 1. The van der Waals surface area contributed by atoms with E-state index in [0.717, 1.165) is 0 Å². The van der Waals surface area contributed by atoms with E-state index in [0.29, 0.717) is 5.69 Å². The summed E-state index contributed by atoms with van der Waals surface area (Å²) in [6.07, 6.45) is -1.60. The van der Waals surface area contributed by atoms with Crippen LogP contribution < -0.4 is 5.32 Å². The minimum Gasteiger partial charge on any atom is -0.389 e. The molecule has 1 aliphatic rings. The molecule has 0 aromatic heterocycles. The van der Waals surface area contributed by atoms with Gasteiger partial charge in [0.1, 0.15) is 5.82 Å². The van der Waals surface area contributed by atoms with Crippen LogP contribution in [-0.4, -0.2) is 52.9 Å². The van der Waals surface area contributed by atoms with Gasteiger partial charge in [0.25, 0.3) is 0 Å². The van der Waals surface area contributed by atoms with E-state index in [-0.39, 0.29) is 31.4 Å². The molecule has 1 amide bonds. The number of carbonyl (C=O) groups excluding carboxylic acids is 1. The van der Waals surface area contributed by atoms with Crippen molar-refractivity contribution in [3.63, 3.8) is 0 Å². The normalized spacial score (nSPS) is 24.2. The Kier molecular flexibility index (Phi) is 3.90. The van der Waals surface area contributed by atoms with E-state index in [1.54, 1.807) is 4.90 Å².